The van der Waals surface area contributed by atoms with Gasteiger partial charge in [-0.25, -0.2) is 4.79 Å². The number of nitrogens with two attached hydrogens (primary N) is 1. The number of carbonyl (C=O) groups excluding carboxylic acids is 3. The van der Waals surface area contributed by atoms with Crippen molar-refractivity contribution in [2.24, 2.45) is 11.1 Å². The molecule has 0 saturated carbocycles. The van der Waals surface area contributed by atoms with Crippen LogP contribution in [0.2, 0.25) is 0 Å². The lowest BCUT2D eigenvalue weighted by Gasteiger charge is -2.41. The van der Waals surface area contributed by atoms with Gasteiger partial charge in [0.15, 0.2) is 6.10 Å². The highest BCUT2D eigenvalue weighted by Gasteiger charge is 2.61. The number of carboxylic acids is 1. The van der Waals surface area contributed by atoms with E-state index in [9.17, 15) is 34.5 Å². The Morgan fingerprint density at radius 1 is 1.12 bits per heavy atom. The monoisotopic (exact) mass is 595 g/mol. The van der Waals surface area contributed by atoms with E-state index in [2.05, 4.69) is 5.32 Å². The molecule has 1 aliphatic heterocycles. The Hall–Kier alpha value is -3.83. The average Bonchev–Trinajstić information content (AvgIpc) is 3.25. The van der Waals surface area contributed by atoms with Crippen LogP contribution in [0.15, 0.2) is 60.7 Å². The van der Waals surface area contributed by atoms with Crippen LogP contribution in [0.4, 0.5) is 0 Å². The topological polar surface area (TPSA) is 170 Å². The number of amides is 3. The van der Waals surface area contributed by atoms with Gasteiger partial charge in [-0.05, 0) is 64.2 Å². The Morgan fingerprint density at radius 3 is 2.40 bits per heavy atom. The Kier molecular flexibility index (Phi) is 9.03. The maximum Gasteiger partial charge on any atom is 0.327 e. The van der Waals surface area contributed by atoms with Gasteiger partial charge in [-0.1, -0.05) is 48.6 Å². The van der Waals surface area contributed by atoms with Crippen molar-refractivity contribution in [1.29, 1.82) is 0 Å². The van der Waals surface area contributed by atoms with Gasteiger partial charge in [-0.15, -0.1) is 11.8 Å². The molecule has 4 rings (SSSR count). The minimum Gasteiger partial charge on any atom is -0.508 e. The number of hydrogen-bond donors (Lipinski definition) is 5. The molecule has 3 amide bonds. The number of aliphatic hydroxyl groups is 1. The van der Waals surface area contributed by atoms with Gasteiger partial charge in [0.2, 0.25) is 5.91 Å². The van der Waals surface area contributed by atoms with Crippen molar-refractivity contribution in [1.82, 2.24) is 10.2 Å². The van der Waals surface area contributed by atoms with Gasteiger partial charge in [0.05, 0.1) is 16.8 Å². The second-order valence-corrected chi connectivity index (χ2v) is 13.2. The maximum absolute atomic E-state index is 14.3. The number of nitrogens with zero attached hydrogens (tertiary/aromatic N) is 1. The summed E-state index contributed by atoms with van der Waals surface area (Å²) in [5, 5.41) is 33.8. The van der Waals surface area contributed by atoms with Gasteiger partial charge >= 0.3 is 5.97 Å². The van der Waals surface area contributed by atoms with E-state index < -0.39 is 57.4 Å². The fourth-order valence-corrected chi connectivity index (χ4v) is 7.64. The Morgan fingerprint density at radius 2 is 1.81 bits per heavy atom. The third-order valence-corrected chi connectivity index (χ3v) is 9.87. The van der Waals surface area contributed by atoms with E-state index in [0.29, 0.717) is 30.4 Å². The molecule has 2 aromatic carbocycles. The van der Waals surface area contributed by atoms with E-state index in [4.69, 9.17) is 5.73 Å². The quantitative estimate of drug-likeness (QED) is 0.276. The number of primary amides is 1. The largest absolute Gasteiger partial charge is 0.508 e. The number of aliphatic carboxylic acids is 1. The second-order valence-electron chi connectivity index (χ2n) is 11.4. The highest BCUT2D eigenvalue weighted by atomic mass is 32.2. The zero-order valence-electron chi connectivity index (χ0n) is 23.8. The minimum atomic E-state index is -1.87. The van der Waals surface area contributed by atoms with Gasteiger partial charge in [0.1, 0.15) is 11.8 Å². The molecule has 0 aromatic heterocycles. The van der Waals surface area contributed by atoms with Crippen molar-refractivity contribution in [3.05, 3.63) is 77.4 Å². The van der Waals surface area contributed by atoms with Crippen LogP contribution in [0, 0.1) is 12.3 Å². The van der Waals surface area contributed by atoms with Crippen molar-refractivity contribution >= 4 is 35.5 Å². The fourth-order valence-electron chi connectivity index (χ4n) is 5.86. The summed E-state index contributed by atoms with van der Waals surface area (Å²) in [5.41, 5.74) is 5.78. The van der Waals surface area contributed by atoms with Gasteiger partial charge in [-0.3, -0.25) is 14.4 Å². The number of hydrogen-bond acceptors (Lipinski definition) is 7. The van der Waals surface area contributed by atoms with Crippen LogP contribution in [0.5, 0.6) is 5.75 Å². The first-order valence-electron chi connectivity index (χ1n) is 13.8. The summed E-state index contributed by atoms with van der Waals surface area (Å²) in [6.45, 7) is 4.93. The molecule has 1 heterocycles. The van der Waals surface area contributed by atoms with E-state index in [1.807, 2.05) is 6.08 Å². The Labute approximate surface area is 249 Å². The fraction of sp³-hybridized carbons (Fsp3) is 0.419. The first-order valence-corrected chi connectivity index (χ1v) is 14.7. The van der Waals surface area contributed by atoms with Crippen LogP contribution in [-0.2, 0) is 20.8 Å². The zero-order chi connectivity index (χ0) is 30.8. The van der Waals surface area contributed by atoms with Crippen LogP contribution in [-0.4, -0.2) is 72.2 Å². The summed E-state index contributed by atoms with van der Waals surface area (Å²) in [4.78, 5) is 54.3. The molecular weight excluding hydrogens is 558 g/mol. The summed E-state index contributed by atoms with van der Waals surface area (Å²) in [5.74, 6) is -3.60. The normalized spacial score (nSPS) is 24.5. The molecule has 224 valence electrons. The van der Waals surface area contributed by atoms with Crippen LogP contribution in [0.1, 0.15) is 54.6 Å². The zero-order valence-corrected chi connectivity index (χ0v) is 24.6. The van der Waals surface area contributed by atoms with Gasteiger partial charge in [0.25, 0.3) is 11.8 Å². The maximum atomic E-state index is 14.3. The molecule has 10 nitrogen and oxygen atoms in total. The molecule has 2 aliphatic rings. The molecule has 1 fully saturated rings. The molecule has 0 bridgehead atoms. The highest BCUT2D eigenvalue weighted by molar-refractivity contribution is 8.01. The summed E-state index contributed by atoms with van der Waals surface area (Å²) in [6, 6.07) is 10.8. The molecule has 1 aliphatic carbocycles. The van der Waals surface area contributed by atoms with Gasteiger partial charge in [0, 0.05) is 15.9 Å². The van der Waals surface area contributed by atoms with E-state index in [0.717, 1.165) is 4.90 Å². The van der Waals surface area contributed by atoms with Gasteiger partial charge < -0.3 is 31.3 Å². The predicted molar refractivity (Wildman–Crippen MR) is 159 cm³/mol. The van der Waals surface area contributed by atoms with E-state index in [-0.39, 0.29) is 17.7 Å². The average molecular weight is 596 g/mol. The van der Waals surface area contributed by atoms with Crippen molar-refractivity contribution in [2.75, 3.05) is 0 Å². The molecule has 6 N–H and O–H groups in total. The number of allylic oxidation sites excluding steroid dienone is 1. The third-order valence-electron chi connectivity index (χ3n) is 8.17. The highest BCUT2D eigenvalue weighted by Crippen LogP contribution is 2.54. The molecule has 0 spiro atoms. The lowest BCUT2D eigenvalue weighted by atomic mass is 9.77. The summed E-state index contributed by atoms with van der Waals surface area (Å²) in [6.07, 6.45) is 3.31. The molecule has 11 heteroatoms. The molecule has 1 unspecified atom stereocenters. The van der Waals surface area contributed by atoms with E-state index in [1.165, 1.54) is 30.0 Å². The molecule has 5 atom stereocenters. The molecular formula is C31H37N3O7S. The van der Waals surface area contributed by atoms with Crippen molar-refractivity contribution in [2.45, 2.75) is 74.8 Å². The first-order chi connectivity index (χ1) is 19.8. The van der Waals surface area contributed by atoms with Gasteiger partial charge in [-0.2, -0.15) is 0 Å². The Balaban J connectivity index is 1.75. The first kappa shape index (κ1) is 31.1. The van der Waals surface area contributed by atoms with Crippen LogP contribution in [0.25, 0.3) is 0 Å². The Bertz CT molecular complexity index is 1400. The summed E-state index contributed by atoms with van der Waals surface area (Å²) >= 11 is 1.17. The number of benzene rings is 2. The summed E-state index contributed by atoms with van der Waals surface area (Å²) in [7, 11) is 0. The molecule has 2 aromatic rings. The lowest BCUT2D eigenvalue weighted by Crippen LogP contribution is -2.61. The molecule has 42 heavy (non-hydrogen) atoms. The SMILES string of the molecule is Cc1c(O)cccc1C(=O)N[C@@H](Cc1ccccc1)[C@H](O)C(=O)N1C([C@@]2(C(N)=O)C=CCCC2)SC(C)(C)[C@H]1C(=O)O. The number of thioether (sulfide) groups is 1. The van der Waals surface area contributed by atoms with E-state index >= 15 is 0 Å². The number of phenolic OH excluding ortho intramolecular Hbond substituents is 1. The third kappa shape index (κ3) is 5.89. The van der Waals surface area contributed by atoms with Crippen LogP contribution >= 0.6 is 11.8 Å². The number of rotatable bonds is 9. The number of phenols is 1. The second kappa shape index (κ2) is 12.2. The van der Waals surface area contributed by atoms with Crippen LogP contribution < -0.4 is 11.1 Å². The van der Waals surface area contributed by atoms with E-state index in [1.54, 1.807) is 57.2 Å². The summed E-state index contributed by atoms with van der Waals surface area (Å²) < 4.78 is -1.03. The lowest BCUT2D eigenvalue weighted by molar-refractivity contribution is -0.158. The minimum absolute atomic E-state index is 0.0466. The van der Waals surface area contributed by atoms with Crippen molar-refractivity contribution in [3.63, 3.8) is 0 Å². The van der Waals surface area contributed by atoms with Crippen molar-refractivity contribution in [3.8, 4) is 5.75 Å². The number of nitrogens with one attached hydrogen (secondary N) is 1. The molecule has 1 saturated heterocycles. The smallest absolute Gasteiger partial charge is 0.327 e. The number of aliphatic hydroxyl groups excluding tert-OH is 1. The number of aromatic hydroxyl groups is 1. The van der Waals surface area contributed by atoms with Crippen molar-refractivity contribution < 1.29 is 34.5 Å². The number of carboxylic acid groups (broad SMARTS) is 1. The molecule has 0 radical (unpaired) electrons. The number of carbonyl (C=O) groups is 4. The predicted octanol–water partition coefficient (Wildman–Crippen LogP) is 2.75. The van der Waals surface area contributed by atoms with Crippen LogP contribution in [0.3, 0.4) is 0 Å². The standard InChI is InChI=1S/C31H37N3O7S/c1-18-20(13-10-14-22(18)35)25(37)33-21(17-19-11-6-4-7-12-19)23(36)26(38)34-24(27(39)40)30(2,3)42-29(34)31(28(32)41)15-8-5-9-16-31/h4,6-8,10-15,21,23-24,29,35-36H,5,9,16-17H2,1-3H3,(H2,32,41)(H,33,37)(H,39,40)/t21-,23-,24+,29?,31-/m0/s1.